The van der Waals surface area contributed by atoms with Crippen LogP contribution in [-0.4, -0.2) is 48.1 Å². The summed E-state index contributed by atoms with van der Waals surface area (Å²) < 4.78 is 5.58. The summed E-state index contributed by atoms with van der Waals surface area (Å²) in [6.07, 6.45) is 2.05. The van der Waals surface area contributed by atoms with Crippen LogP contribution in [0.25, 0.3) is 0 Å². The molecule has 1 aliphatic carbocycles. The lowest BCUT2D eigenvalue weighted by Gasteiger charge is -2.46. The summed E-state index contributed by atoms with van der Waals surface area (Å²) in [5, 5.41) is 2.81. The Balaban J connectivity index is 2.03. The Morgan fingerprint density at radius 1 is 1.40 bits per heavy atom. The molecule has 0 bridgehead atoms. The number of nitrogens with zero attached hydrogens (tertiary/aromatic N) is 1. The molecule has 2 aliphatic rings. The molecule has 0 radical (unpaired) electrons. The average Bonchev–Trinajstić information content (AvgIpc) is 3.19. The smallest absolute Gasteiger partial charge is 0.246 e. The van der Waals surface area contributed by atoms with Crippen molar-refractivity contribution >= 4 is 11.8 Å². The molecule has 2 rings (SSSR count). The number of carbonyl (C=O) groups is 2. The maximum Gasteiger partial charge on any atom is 0.246 e. The van der Waals surface area contributed by atoms with Crippen LogP contribution in [0.2, 0.25) is 0 Å². The normalized spacial score (nSPS) is 30.9. The first-order valence-corrected chi connectivity index (χ1v) is 7.57. The third-order valence-corrected chi connectivity index (χ3v) is 4.29. The molecule has 1 heterocycles. The van der Waals surface area contributed by atoms with E-state index in [2.05, 4.69) is 19.2 Å². The van der Waals surface area contributed by atoms with Gasteiger partial charge in [0.15, 0.2) is 0 Å². The van der Waals surface area contributed by atoms with Gasteiger partial charge in [-0.3, -0.25) is 9.59 Å². The van der Waals surface area contributed by atoms with Gasteiger partial charge < -0.3 is 15.0 Å². The van der Waals surface area contributed by atoms with Crippen LogP contribution in [0.4, 0.5) is 0 Å². The molecule has 114 valence electrons. The predicted octanol–water partition coefficient (Wildman–Crippen LogP) is 1.17. The van der Waals surface area contributed by atoms with Gasteiger partial charge in [0.2, 0.25) is 11.8 Å². The zero-order valence-corrected chi connectivity index (χ0v) is 12.9. The number of piperazine rings is 1. The van der Waals surface area contributed by atoms with Crippen molar-refractivity contribution in [3.8, 4) is 0 Å². The number of carbonyl (C=O) groups excluding carboxylic acids is 2. The molecule has 5 nitrogen and oxygen atoms in total. The van der Waals surface area contributed by atoms with Crippen molar-refractivity contribution < 1.29 is 14.3 Å². The first kappa shape index (κ1) is 15.3. The molecule has 0 aromatic carbocycles. The van der Waals surface area contributed by atoms with Crippen LogP contribution >= 0.6 is 0 Å². The van der Waals surface area contributed by atoms with Crippen LogP contribution in [0, 0.1) is 11.8 Å². The Hall–Kier alpha value is -1.10. The fourth-order valence-corrected chi connectivity index (χ4v) is 2.86. The monoisotopic (exact) mass is 282 g/mol. The minimum atomic E-state index is -0.690. The van der Waals surface area contributed by atoms with Crippen LogP contribution in [0.3, 0.4) is 0 Å². The second-order valence-electron chi connectivity index (χ2n) is 6.58. The number of amides is 2. The van der Waals surface area contributed by atoms with Gasteiger partial charge in [-0.25, -0.2) is 0 Å². The topological polar surface area (TPSA) is 58.6 Å². The number of hydrogen-bond donors (Lipinski definition) is 1. The van der Waals surface area contributed by atoms with Gasteiger partial charge in [-0.1, -0.05) is 13.8 Å². The highest BCUT2D eigenvalue weighted by atomic mass is 16.5. The fraction of sp³-hybridized carbons (Fsp3) is 0.867. The molecule has 1 N–H and O–H groups in total. The van der Waals surface area contributed by atoms with Crippen molar-refractivity contribution in [3.05, 3.63) is 0 Å². The highest BCUT2D eigenvalue weighted by molar-refractivity contribution is 5.99. The van der Waals surface area contributed by atoms with E-state index in [0.29, 0.717) is 31.6 Å². The maximum absolute atomic E-state index is 12.4. The van der Waals surface area contributed by atoms with Crippen molar-refractivity contribution in [1.29, 1.82) is 0 Å². The van der Waals surface area contributed by atoms with E-state index in [0.717, 1.165) is 12.8 Å². The van der Waals surface area contributed by atoms with Crippen LogP contribution in [-0.2, 0) is 14.3 Å². The second kappa shape index (κ2) is 5.72. The summed E-state index contributed by atoms with van der Waals surface area (Å²) in [4.78, 5) is 26.5. The molecule has 1 saturated heterocycles. The van der Waals surface area contributed by atoms with Crippen molar-refractivity contribution in [3.63, 3.8) is 0 Å². The summed E-state index contributed by atoms with van der Waals surface area (Å²) in [5.74, 6) is 0.760. The van der Waals surface area contributed by atoms with E-state index in [1.54, 1.807) is 11.8 Å². The van der Waals surface area contributed by atoms with E-state index in [4.69, 9.17) is 4.74 Å². The molecule has 2 unspecified atom stereocenters. The van der Waals surface area contributed by atoms with E-state index in [-0.39, 0.29) is 11.8 Å². The molecule has 0 aromatic rings. The molecular weight excluding hydrogens is 256 g/mol. The van der Waals surface area contributed by atoms with E-state index in [1.165, 1.54) is 0 Å². The lowest BCUT2D eigenvalue weighted by molar-refractivity contribution is -0.158. The van der Waals surface area contributed by atoms with Gasteiger partial charge in [0, 0.05) is 13.2 Å². The third kappa shape index (κ3) is 2.82. The molecule has 1 saturated carbocycles. The fourth-order valence-electron chi connectivity index (χ4n) is 2.86. The molecule has 20 heavy (non-hydrogen) atoms. The summed E-state index contributed by atoms with van der Waals surface area (Å²) in [5.41, 5.74) is -0.690. The zero-order valence-electron chi connectivity index (χ0n) is 12.9. The van der Waals surface area contributed by atoms with Crippen molar-refractivity contribution in [1.82, 2.24) is 10.2 Å². The van der Waals surface area contributed by atoms with E-state index in [1.807, 2.05) is 6.92 Å². The quantitative estimate of drug-likeness (QED) is 0.744. The molecule has 0 aromatic heterocycles. The summed E-state index contributed by atoms with van der Waals surface area (Å²) >= 11 is 0. The largest absolute Gasteiger partial charge is 0.379 e. The van der Waals surface area contributed by atoms with Crippen LogP contribution in [0.1, 0.15) is 40.5 Å². The Morgan fingerprint density at radius 3 is 2.60 bits per heavy atom. The number of nitrogens with one attached hydrogen (secondary N) is 1. The van der Waals surface area contributed by atoms with E-state index >= 15 is 0 Å². The van der Waals surface area contributed by atoms with Gasteiger partial charge in [-0.2, -0.15) is 0 Å². The lowest BCUT2D eigenvalue weighted by Crippen LogP contribution is -2.70. The maximum atomic E-state index is 12.4. The Morgan fingerprint density at radius 2 is 2.05 bits per heavy atom. The first-order chi connectivity index (χ1) is 9.37. The molecule has 0 spiro atoms. The number of rotatable bonds is 6. The van der Waals surface area contributed by atoms with Gasteiger partial charge in [0.25, 0.3) is 0 Å². The predicted molar refractivity (Wildman–Crippen MR) is 76.1 cm³/mol. The van der Waals surface area contributed by atoms with Crippen molar-refractivity contribution in [2.24, 2.45) is 11.8 Å². The molecule has 5 heteroatoms. The second-order valence-corrected chi connectivity index (χ2v) is 6.58. The molecule has 2 amide bonds. The molecular formula is C15H26N2O3. The molecule has 2 fully saturated rings. The Labute approximate surface area is 121 Å². The van der Waals surface area contributed by atoms with Gasteiger partial charge in [-0.15, -0.1) is 0 Å². The Kier molecular flexibility index (Phi) is 4.37. The SMILES string of the molecule is CC(C)COCCN1C(=O)C(C)NC(=O)C1(C)C1CC1. The summed E-state index contributed by atoms with van der Waals surface area (Å²) in [7, 11) is 0. The van der Waals surface area contributed by atoms with Crippen molar-refractivity contribution in [2.45, 2.75) is 52.1 Å². The zero-order chi connectivity index (χ0) is 14.9. The van der Waals surface area contributed by atoms with Gasteiger partial charge >= 0.3 is 0 Å². The van der Waals surface area contributed by atoms with Gasteiger partial charge in [0.05, 0.1) is 6.61 Å². The van der Waals surface area contributed by atoms with Crippen molar-refractivity contribution in [2.75, 3.05) is 19.8 Å². The first-order valence-electron chi connectivity index (χ1n) is 7.57. The Bertz CT molecular complexity index is 393. The molecule has 1 aliphatic heterocycles. The van der Waals surface area contributed by atoms with Gasteiger partial charge in [-0.05, 0) is 38.5 Å². The summed E-state index contributed by atoms with van der Waals surface area (Å²) in [6, 6.07) is -0.431. The van der Waals surface area contributed by atoms with E-state index in [9.17, 15) is 9.59 Å². The highest BCUT2D eigenvalue weighted by Gasteiger charge is 2.56. The minimum absolute atomic E-state index is 0.00662. The van der Waals surface area contributed by atoms with Crippen LogP contribution in [0.15, 0.2) is 0 Å². The summed E-state index contributed by atoms with van der Waals surface area (Å²) in [6.45, 7) is 9.50. The van der Waals surface area contributed by atoms with Crippen LogP contribution in [0.5, 0.6) is 0 Å². The van der Waals surface area contributed by atoms with E-state index < -0.39 is 11.6 Å². The standard InChI is InChI=1S/C15H26N2O3/c1-10(2)9-20-8-7-17-13(18)11(3)16-14(19)15(17,4)12-5-6-12/h10-12H,5-9H2,1-4H3,(H,16,19). The molecule has 2 atom stereocenters. The highest BCUT2D eigenvalue weighted by Crippen LogP contribution is 2.44. The number of ether oxygens (including phenoxy) is 1. The van der Waals surface area contributed by atoms with Gasteiger partial charge in [0.1, 0.15) is 11.6 Å². The third-order valence-electron chi connectivity index (χ3n) is 4.29. The van der Waals surface area contributed by atoms with Crippen LogP contribution < -0.4 is 5.32 Å². The lowest BCUT2D eigenvalue weighted by atomic mass is 9.88. The average molecular weight is 282 g/mol. The minimum Gasteiger partial charge on any atom is -0.379 e. The number of hydrogen-bond acceptors (Lipinski definition) is 3.